The van der Waals surface area contributed by atoms with Crippen LogP contribution in [0.3, 0.4) is 0 Å². The topological polar surface area (TPSA) is 44.9 Å². The molecule has 0 spiro atoms. The fourth-order valence-corrected chi connectivity index (χ4v) is 3.68. The zero-order chi connectivity index (χ0) is 20.3. The van der Waals surface area contributed by atoms with Crippen LogP contribution in [-0.2, 0) is 5.41 Å². The minimum absolute atomic E-state index is 0.253. The molecule has 2 N–H and O–H groups in total. The van der Waals surface area contributed by atoms with Crippen LogP contribution in [0.4, 0.5) is 4.39 Å². The summed E-state index contributed by atoms with van der Waals surface area (Å²) in [6.07, 6.45) is 5.38. The van der Waals surface area contributed by atoms with Gasteiger partial charge in [0, 0.05) is 29.2 Å². The molecule has 2 aromatic heterocycles. The molecule has 0 aliphatic carbocycles. The van der Waals surface area contributed by atoms with Gasteiger partial charge in [-0.3, -0.25) is 0 Å². The lowest BCUT2D eigenvalue weighted by molar-refractivity contribution is 0.102. The van der Waals surface area contributed by atoms with Crippen LogP contribution in [0.15, 0.2) is 60.8 Å². The predicted octanol–water partition coefficient (Wildman–Crippen LogP) is 4.94. The molecule has 148 valence electrons. The normalized spacial score (nSPS) is 14.6. The van der Waals surface area contributed by atoms with Gasteiger partial charge in [-0.05, 0) is 47.9 Å². The number of nitrogens with zero attached hydrogens (tertiary/aromatic N) is 1. The van der Waals surface area contributed by atoms with Gasteiger partial charge in [0.05, 0.1) is 12.2 Å². The summed E-state index contributed by atoms with van der Waals surface area (Å²) >= 11 is 0. The monoisotopic (exact) mass is 381 g/mol. The van der Waals surface area contributed by atoms with Crippen LogP contribution >= 0.6 is 0 Å². The summed E-state index contributed by atoms with van der Waals surface area (Å²) in [5.41, 5.74) is 3.74. The number of aromatic nitrogens is 1. The largest absolute Gasteiger partial charge is 0.393 e. The number of benzene rings is 1. The van der Waals surface area contributed by atoms with Gasteiger partial charge in [-0.2, -0.15) is 0 Å². The van der Waals surface area contributed by atoms with Gasteiger partial charge < -0.3 is 14.6 Å². The third kappa shape index (κ3) is 4.18. The van der Waals surface area contributed by atoms with Crippen molar-refractivity contribution in [1.82, 2.24) is 4.40 Å². The van der Waals surface area contributed by atoms with E-state index in [-0.39, 0.29) is 11.2 Å². The average molecular weight is 381 g/mol. The first-order valence-electron chi connectivity index (χ1n) is 9.74. The van der Waals surface area contributed by atoms with Crippen molar-refractivity contribution in [2.45, 2.75) is 51.2 Å². The Morgan fingerprint density at radius 1 is 1.11 bits per heavy atom. The number of rotatable bonds is 7. The van der Waals surface area contributed by atoms with Gasteiger partial charge in [0.1, 0.15) is 5.82 Å². The molecule has 0 bridgehead atoms. The van der Waals surface area contributed by atoms with Crippen LogP contribution < -0.4 is 0 Å². The van der Waals surface area contributed by atoms with E-state index in [1.165, 1.54) is 12.1 Å². The standard InChI is InChI=1S/C24H28FNO2/c1-4-21(27)16-22(28)13-8-17-15-20-7-5-6-14-26(20)23(17)24(2,3)18-9-11-19(25)12-10-18/h5-15,21-22,27-28H,4,16H2,1-3H3/b13-8+. The fraction of sp³-hybridized carbons (Fsp3) is 0.333. The van der Waals surface area contributed by atoms with Crippen molar-refractivity contribution in [1.29, 1.82) is 0 Å². The smallest absolute Gasteiger partial charge is 0.123 e. The number of halogens is 1. The van der Waals surface area contributed by atoms with Gasteiger partial charge in [-0.25, -0.2) is 4.39 Å². The molecule has 4 heteroatoms. The molecule has 2 unspecified atom stereocenters. The van der Waals surface area contributed by atoms with Crippen LogP contribution in [-0.4, -0.2) is 26.8 Å². The van der Waals surface area contributed by atoms with Crippen molar-refractivity contribution in [2.24, 2.45) is 0 Å². The summed E-state index contributed by atoms with van der Waals surface area (Å²) in [7, 11) is 0. The second-order valence-corrected chi connectivity index (χ2v) is 7.80. The van der Waals surface area contributed by atoms with Gasteiger partial charge in [-0.1, -0.05) is 51.1 Å². The number of hydrogen-bond acceptors (Lipinski definition) is 2. The van der Waals surface area contributed by atoms with E-state index in [9.17, 15) is 14.6 Å². The maximum absolute atomic E-state index is 13.4. The van der Waals surface area contributed by atoms with Crippen LogP contribution in [0.25, 0.3) is 11.6 Å². The molecule has 0 saturated carbocycles. The molecule has 28 heavy (non-hydrogen) atoms. The second-order valence-electron chi connectivity index (χ2n) is 7.80. The maximum atomic E-state index is 13.4. The van der Waals surface area contributed by atoms with Crippen LogP contribution in [0.5, 0.6) is 0 Å². The molecule has 1 aromatic carbocycles. The van der Waals surface area contributed by atoms with E-state index in [0.717, 1.165) is 22.3 Å². The third-order valence-electron chi connectivity index (χ3n) is 5.35. The summed E-state index contributed by atoms with van der Waals surface area (Å²) < 4.78 is 15.6. The summed E-state index contributed by atoms with van der Waals surface area (Å²) in [6.45, 7) is 6.12. The summed E-state index contributed by atoms with van der Waals surface area (Å²) in [5.74, 6) is -0.253. The highest BCUT2D eigenvalue weighted by molar-refractivity contribution is 5.66. The average Bonchev–Trinajstić information content (AvgIpc) is 3.05. The minimum atomic E-state index is -0.709. The van der Waals surface area contributed by atoms with Crippen LogP contribution in [0.1, 0.15) is 50.4 Å². The van der Waals surface area contributed by atoms with E-state index in [0.29, 0.717) is 12.8 Å². The number of aliphatic hydroxyl groups is 2. The zero-order valence-corrected chi connectivity index (χ0v) is 16.6. The van der Waals surface area contributed by atoms with E-state index in [1.807, 2.05) is 49.5 Å². The lowest BCUT2D eigenvalue weighted by atomic mass is 9.79. The zero-order valence-electron chi connectivity index (χ0n) is 16.6. The van der Waals surface area contributed by atoms with E-state index < -0.39 is 12.2 Å². The molecule has 3 rings (SSSR count). The fourth-order valence-electron chi connectivity index (χ4n) is 3.68. The van der Waals surface area contributed by atoms with Gasteiger partial charge >= 0.3 is 0 Å². The first-order chi connectivity index (χ1) is 13.3. The quantitative estimate of drug-likeness (QED) is 0.609. The Labute approximate surface area is 165 Å². The highest BCUT2D eigenvalue weighted by Crippen LogP contribution is 2.36. The predicted molar refractivity (Wildman–Crippen MR) is 112 cm³/mol. The van der Waals surface area contributed by atoms with E-state index in [1.54, 1.807) is 6.08 Å². The van der Waals surface area contributed by atoms with E-state index >= 15 is 0 Å². The molecule has 2 heterocycles. The van der Waals surface area contributed by atoms with Gasteiger partial charge in [0.15, 0.2) is 0 Å². The highest BCUT2D eigenvalue weighted by atomic mass is 19.1. The second kappa shape index (κ2) is 8.29. The molecule has 2 atom stereocenters. The molecular weight excluding hydrogens is 353 g/mol. The van der Waals surface area contributed by atoms with Crippen molar-refractivity contribution >= 4 is 11.6 Å². The molecule has 0 radical (unpaired) electrons. The maximum Gasteiger partial charge on any atom is 0.123 e. The number of pyridine rings is 1. The Bertz CT molecular complexity index is 956. The summed E-state index contributed by atoms with van der Waals surface area (Å²) in [5, 5.41) is 20.0. The van der Waals surface area contributed by atoms with Gasteiger partial charge in [-0.15, -0.1) is 0 Å². The molecule has 0 saturated heterocycles. The van der Waals surface area contributed by atoms with Crippen molar-refractivity contribution in [3.63, 3.8) is 0 Å². The number of fused-ring (bicyclic) bond motifs is 1. The van der Waals surface area contributed by atoms with Crippen LogP contribution in [0.2, 0.25) is 0 Å². The number of hydrogen-bond donors (Lipinski definition) is 2. The SMILES string of the molecule is CCC(O)CC(O)/C=C/c1cc2ccccn2c1C(C)(C)c1ccc(F)cc1. The van der Waals surface area contributed by atoms with Gasteiger partial charge in [0.2, 0.25) is 0 Å². The third-order valence-corrected chi connectivity index (χ3v) is 5.35. The molecule has 0 aliphatic rings. The van der Waals surface area contributed by atoms with Crippen molar-refractivity contribution in [2.75, 3.05) is 0 Å². The highest BCUT2D eigenvalue weighted by Gasteiger charge is 2.29. The molecule has 3 nitrogen and oxygen atoms in total. The first-order valence-corrected chi connectivity index (χ1v) is 9.74. The Hall–Kier alpha value is -2.43. The summed E-state index contributed by atoms with van der Waals surface area (Å²) in [4.78, 5) is 0. The lowest BCUT2D eigenvalue weighted by Crippen LogP contribution is -2.22. The Morgan fingerprint density at radius 3 is 2.50 bits per heavy atom. The Balaban J connectivity index is 2.05. The summed E-state index contributed by atoms with van der Waals surface area (Å²) in [6, 6.07) is 14.7. The number of aliphatic hydroxyl groups excluding tert-OH is 2. The minimum Gasteiger partial charge on any atom is -0.393 e. The van der Waals surface area contributed by atoms with Crippen LogP contribution in [0, 0.1) is 5.82 Å². The van der Waals surface area contributed by atoms with Crippen molar-refractivity contribution in [3.05, 3.63) is 83.4 Å². The Kier molecular flexibility index (Phi) is 6.01. The molecule has 0 aliphatic heterocycles. The van der Waals surface area contributed by atoms with Gasteiger partial charge in [0.25, 0.3) is 0 Å². The molecule has 0 fully saturated rings. The van der Waals surface area contributed by atoms with Crippen molar-refractivity contribution < 1.29 is 14.6 Å². The first kappa shape index (κ1) is 20.3. The molecule has 3 aromatic rings. The molecular formula is C24H28FNO2. The molecule has 0 amide bonds. The van der Waals surface area contributed by atoms with E-state index in [4.69, 9.17) is 0 Å². The Morgan fingerprint density at radius 2 is 1.82 bits per heavy atom. The van der Waals surface area contributed by atoms with Crippen molar-refractivity contribution in [3.8, 4) is 0 Å². The lowest BCUT2D eigenvalue weighted by Gasteiger charge is -2.27. The van der Waals surface area contributed by atoms with E-state index in [2.05, 4.69) is 24.3 Å².